The number of aromatic nitrogens is 3. The first-order chi connectivity index (χ1) is 8.49. The summed E-state index contributed by atoms with van der Waals surface area (Å²) in [6.07, 6.45) is 3.99. The number of rotatable bonds is 4. The van der Waals surface area contributed by atoms with Crippen LogP contribution in [0.4, 0.5) is 0 Å². The van der Waals surface area contributed by atoms with Gasteiger partial charge in [0.1, 0.15) is 11.3 Å². The molecule has 0 fully saturated rings. The number of imidazole rings is 1. The summed E-state index contributed by atoms with van der Waals surface area (Å²) in [6.45, 7) is 6.60. The number of fused-ring (bicyclic) bond motifs is 1. The van der Waals surface area contributed by atoms with E-state index in [-0.39, 0.29) is 5.54 Å². The minimum absolute atomic E-state index is 0.0193. The second kappa shape index (κ2) is 5.17. The van der Waals surface area contributed by atoms with Gasteiger partial charge in [-0.2, -0.15) is 0 Å². The van der Waals surface area contributed by atoms with Gasteiger partial charge in [0.05, 0.1) is 5.88 Å². The lowest BCUT2D eigenvalue weighted by Gasteiger charge is -2.28. The van der Waals surface area contributed by atoms with Crippen LogP contribution >= 0.6 is 27.5 Å². The summed E-state index contributed by atoms with van der Waals surface area (Å²) >= 11 is 9.45. The van der Waals surface area contributed by atoms with E-state index in [1.54, 1.807) is 6.20 Å². The van der Waals surface area contributed by atoms with E-state index in [0.717, 1.165) is 34.3 Å². The molecule has 0 aliphatic heterocycles. The SMILES string of the molecule is CCCC(C)(C)n1c(CCl)nc2cc(Br)cnc21. The Morgan fingerprint density at radius 1 is 1.44 bits per heavy atom. The molecule has 98 valence electrons. The van der Waals surface area contributed by atoms with Crippen molar-refractivity contribution >= 4 is 38.7 Å². The van der Waals surface area contributed by atoms with Gasteiger partial charge in [0.2, 0.25) is 0 Å². The summed E-state index contributed by atoms with van der Waals surface area (Å²) in [7, 11) is 0. The first kappa shape index (κ1) is 13.8. The van der Waals surface area contributed by atoms with E-state index in [4.69, 9.17) is 11.6 Å². The maximum absolute atomic E-state index is 6.03. The lowest BCUT2D eigenvalue weighted by Crippen LogP contribution is -2.28. The number of hydrogen-bond donors (Lipinski definition) is 0. The molecule has 0 N–H and O–H groups in total. The average molecular weight is 331 g/mol. The minimum atomic E-state index is -0.0193. The molecule has 0 atom stereocenters. The van der Waals surface area contributed by atoms with Crippen molar-refractivity contribution in [1.29, 1.82) is 0 Å². The third kappa shape index (κ3) is 2.41. The number of alkyl halides is 1. The molecule has 5 heteroatoms. The molecule has 0 aromatic carbocycles. The van der Waals surface area contributed by atoms with Crippen molar-refractivity contribution in [3.8, 4) is 0 Å². The molecule has 2 rings (SSSR count). The normalized spacial score (nSPS) is 12.3. The van der Waals surface area contributed by atoms with Crippen molar-refractivity contribution in [2.45, 2.75) is 45.0 Å². The highest BCUT2D eigenvalue weighted by atomic mass is 79.9. The van der Waals surface area contributed by atoms with E-state index in [2.05, 4.69) is 51.2 Å². The topological polar surface area (TPSA) is 30.7 Å². The predicted molar refractivity (Wildman–Crippen MR) is 79.0 cm³/mol. The van der Waals surface area contributed by atoms with Crippen molar-refractivity contribution in [3.05, 3.63) is 22.6 Å². The van der Waals surface area contributed by atoms with E-state index >= 15 is 0 Å². The quantitative estimate of drug-likeness (QED) is 0.774. The highest BCUT2D eigenvalue weighted by Crippen LogP contribution is 2.29. The van der Waals surface area contributed by atoms with E-state index < -0.39 is 0 Å². The van der Waals surface area contributed by atoms with Gasteiger partial charge in [-0.1, -0.05) is 13.3 Å². The zero-order chi connectivity index (χ0) is 13.3. The molecular formula is C13H17BrClN3. The van der Waals surface area contributed by atoms with Gasteiger partial charge >= 0.3 is 0 Å². The van der Waals surface area contributed by atoms with Gasteiger partial charge in [-0.3, -0.25) is 0 Å². The van der Waals surface area contributed by atoms with Crippen molar-refractivity contribution in [2.24, 2.45) is 0 Å². The Morgan fingerprint density at radius 2 is 2.17 bits per heavy atom. The summed E-state index contributed by atoms with van der Waals surface area (Å²) < 4.78 is 3.11. The van der Waals surface area contributed by atoms with Crippen LogP contribution in [-0.2, 0) is 11.4 Å². The second-order valence-electron chi connectivity index (χ2n) is 5.06. The Bertz CT molecular complexity index is 563. The summed E-state index contributed by atoms with van der Waals surface area (Å²) in [6, 6.07) is 1.98. The largest absolute Gasteiger partial charge is 0.306 e. The summed E-state index contributed by atoms with van der Waals surface area (Å²) in [5.41, 5.74) is 1.78. The third-order valence-electron chi connectivity index (χ3n) is 3.12. The molecule has 0 aliphatic carbocycles. The molecule has 0 saturated carbocycles. The fourth-order valence-electron chi connectivity index (χ4n) is 2.44. The number of hydrogen-bond acceptors (Lipinski definition) is 2. The summed E-state index contributed by atoms with van der Waals surface area (Å²) in [5, 5.41) is 0. The molecule has 0 bridgehead atoms. The molecule has 0 unspecified atom stereocenters. The molecule has 0 amide bonds. The van der Waals surface area contributed by atoms with Crippen molar-refractivity contribution in [2.75, 3.05) is 0 Å². The zero-order valence-corrected chi connectivity index (χ0v) is 13.2. The van der Waals surface area contributed by atoms with Gasteiger partial charge in [-0.25, -0.2) is 9.97 Å². The first-order valence-corrected chi connectivity index (χ1v) is 7.41. The number of pyridine rings is 1. The van der Waals surface area contributed by atoms with Crippen molar-refractivity contribution in [1.82, 2.24) is 14.5 Å². The van der Waals surface area contributed by atoms with Crippen LogP contribution in [0.25, 0.3) is 11.2 Å². The second-order valence-corrected chi connectivity index (χ2v) is 6.24. The Kier molecular flexibility index (Phi) is 3.97. The number of halogens is 2. The number of nitrogens with zero attached hydrogens (tertiary/aromatic N) is 3. The average Bonchev–Trinajstić information content (AvgIpc) is 2.66. The van der Waals surface area contributed by atoms with Gasteiger partial charge < -0.3 is 4.57 Å². The van der Waals surface area contributed by atoms with Gasteiger partial charge in [-0.15, -0.1) is 11.6 Å². The lowest BCUT2D eigenvalue weighted by atomic mass is 9.98. The third-order valence-corrected chi connectivity index (χ3v) is 3.79. The van der Waals surface area contributed by atoms with Gasteiger partial charge in [0, 0.05) is 16.2 Å². The molecule has 0 saturated heterocycles. The maximum atomic E-state index is 6.03. The van der Waals surface area contributed by atoms with E-state index in [1.165, 1.54) is 0 Å². The minimum Gasteiger partial charge on any atom is -0.306 e. The van der Waals surface area contributed by atoms with E-state index in [1.807, 2.05) is 6.07 Å². The van der Waals surface area contributed by atoms with Gasteiger partial charge in [0.15, 0.2) is 5.65 Å². The standard InChI is InChI=1S/C13H17BrClN3/c1-4-5-13(2,3)18-11(7-15)17-10-6-9(14)8-16-12(10)18/h6,8H,4-5,7H2,1-3H3. The molecule has 0 radical (unpaired) electrons. The predicted octanol–water partition coefficient (Wildman–Crippen LogP) is 4.47. The molecule has 18 heavy (non-hydrogen) atoms. The molecule has 0 aliphatic rings. The molecule has 2 aromatic heterocycles. The highest BCUT2D eigenvalue weighted by Gasteiger charge is 2.25. The lowest BCUT2D eigenvalue weighted by molar-refractivity contribution is 0.324. The van der Waals surface area contributed by atoms with Crippen molar-refractivity contribution in [3.63, 3.8) is 0 Å². The Hall–Kier alpha value is -0.610. The van der Waals surface area contributed by atoms with Crippen LogP contribution in [0.5, 0.6) is 0 Å². The molecule has 2 aromatic rings. The van der Waals surface area contributed by atoms with Crippen LogP contribution in [0, 0.1) is 0 Å². The van der Waals surface area contributed by atoms with Crippen LogP contribution in [0.1, 0.15) is 39.4 Å². The van der Waals surface area contributed by atoms with Crippen LogP contribution in [0.3, 0.4) is 0 Å². The monoisotopic (exact) mass is 329 g/mol. The van der Waals surface area contributed by atoms with Crippen LogP contribution in [-0.4, -0.2) is 14.5 Å². The fourth-order valence-corrected chi connectivity index (χ4v) is 2.94. The van der Waals surface area contributed by atoms with Crippen molar-refractivity contribution < 1.29 is 0 Å². The van der Waals surface area contributed by atoms with Crippen LogP contribution in [0.2, 0.25) is 0 Å². The van der Waals surface area contributed by atoms with Crippen LogP contribution < -0.4 is 0 Å². The molecule has 2 heterocycles. The summed E-state index contributed by atoms with van der Waals surface area (Å²) in [5.74, 6) is 1.29. The maximum Gasteiger partial charge on any atom is 0.160 e. The fraction of sp³-hybridized carbons (Fsp3) is 0.538. The van der Waals surface area contributed by atoms with E-state index in [0.29, 0.717) is 5.88 Å². The Labute approximate surface area is 121 Å². The van der Waals surface area contributed by atoms with E-state index in [9.17, 15) is 0 Å². The highest BCUT2D eigenvalue weighted by molar-refractivity contribution is 9.10. The Morgan fingerprint density at radius 3 is 2.78 bits per heavy atom. The van der Waals surface area contributed by atoms with Crippen LogP contribution in [0.15, 0.2) is 16.7 Å². The Balaban J connectivity index is 2.67. The zero-order valence-electron chi connectivity index (χ0n) is 10.9. The molecule has 3 nitrogen and oxygen atoms in total. The first-order valence-electron chi connectivity index (χ1n) is 6.09. The molecule has 0 spiro atoms. The molecular weight excluding hydrogens is 314 g/mol. The summed E-state index contributed by atoms with van der Waals surface area (Å²) in [4.78, 5) is 9.07. The van der Waals surface area contributed by atoms with Gasteiger partial charge in [0.25, 0.3) is 0 Å². The smallest absolute Gasteiger partial charge is 0.160 e. The van der Waals surface area contributed by atoms with Gasteiger partial charge in [-0.05, 0) is 42.3 Å².